The number of benzene rings is 1. The molecule has 1 aliphatic heterocycles. The van der Waals surface area contributed by atoms with Crippen molar-refractivity contribution >= 4 is 24.9 Å². The van der Waals surface area contributed by atoms with Crippen LogP contribution in [0.2, 0.25) is 25.7 Å². The van der Waals surface area contributed by atoms with Crippen molar-refractivity contribution in [3.05, 3.63) is 59.9 Å². The van der Waals surface area contributed by atoms with Gasteiger partial charge in [-0.1, -0.05) is 19.6 Å². The largest absolute Gasteiger partial charge is 0.359 e. The summed E-state index contributed by atoms with van der Waals surface area (Å²) in [6.07, 6.45) is 2.24. The van der Waals surface area contributed by atoms with E-state index in [0.717, 1.165) is 29.8 Å². The fourth-order valence-electron chi connectivity index (χ4n) is 4.52. The number of nitrogens with one attached hydrogen (secondary N) is 1. The Morgan fingerprint density at radius 1 is 1.17 bits per heavy atom. The van der Waals surface area contributed by atoms with Crippen molar-refractivity contribution in [2.24, 2.45) is 0 Å². The number of anilines is 1. The van der Waals surface area contributed by atoms with Crippen molar-refractivity contribution in [2.75, 3.05) is 18.1 Å². The summed E-state index contributed by atoms with van der Waals surface area (Å²) in [4.78, 5) is 6.33. The quantitative estimate of drug-likeness (QED) is 0.241. The van der Waals surface area contributed by atoms with E-state index in [4.69, 9.17) is 9.84 Å². The Bertz CT molecular complexity index is 1350. The summed E-state index contributed by atoms with van der Waals surface area (Å²) in [5.74, 6) is -0.686. The molecule has 2 atom stereocenters. The van der Waals surface area contributed by atoms with Crippen molar-refractivity contribution in [2.45, 2.75) is 51.1 Å². The van der Waals surface area contributed by atoms with Crippen LogP contribution in [0.15, 0.2) is 42.7 Å². The second kappa shape index (κ2) is 9.70. The summed E-state index contributed by atoms with van der Waals surface area (Å²) in [6, 6.07) is 7.30. The van der Waals surface area contributed by atoms with E-state index in [1.807, 2.05) is 12.1 Å². The lowest BCUT2D eigenvalue weighted by molar-refractivity contribution is 0.0814. The third-order valence-electron chi connectivity index (χ3n) is 6.41. The van der Waals surface area contributed by atoms with Gasteiger partial charge in [0.2, 0.25) is 0 Å². The zero-order valence-corrected chi connectivity index (χ0v) is 21.5. The number of aromatic amines is 1. The van der Waals surface area contributed by atoms with Crippen LogP contribution in [-0.2, 0) is 11.5 Å². The average Bonchev–Trinajstić information content (AvgIpc) is 3.56. The second-order valence-electron chi connectivity index (χ2n) is 10.4. The van der Waals surface area contributed by atoms with Gasteiger partial charge in [0.05, 0.1) is 23.7 Å². The fourth-order valence-corrected chi connectivity index (χ4v) is 5.28. The first-order chi connectivity index (χ1) is 17.2. The standard InChI is InChI=1S/C25H29F3N6OSi/c1-36(2,3)9-8-35-15-34-24-20(10-16(13-29-24)22-6-7-30-31-22)25(32-34)33-14-18(27)12-23(33)19-11-17(26)4-5-21(19)28/h4-7,10-11,13,18,23H,8-9,12,14-15H2,1-3H3,(H,30,31)/t18-,23+/m0/s1. The van der Waals surface area contributed by atoms with E-state index in [1.165, 1.54) is 0 Å². The molecule has 1 aliphatic rings. The van der Waals surface area contributed by atoms with Crippen molar-refractivity contribution in [3.8, 4) is 11.3 Å². The van der Waals surface area contributed by atoms with E-state index in [-0.39, 0.29) is 25.3 Å². The Morgan fingerprint density at radius 2 is 2.00 bits per heavy atom. The molecular weight excluding hydrogens is 485 g/mol. The normalized spacial score (nSPS) is 18.4. The molecule has 0 radical (unpaired) electrons. The minimum atomic E-state index is -1.26. The minimum absolute atomic E-state index is 0.00977. The van der Waals surface area contributed by atoms with Crippen molar-refractivity contribution in [1.82, 2.24) is 25.0 Å². The lowest BCUT2D eigenvalue weighted by Crippen LogP contribution is -2.25. The summed E-state index contributed by atoms with van der Waals surface area (Å²) >= 11 is 0. The molecule has 4 heterocycles. The van der Waals surface area contributed by atoms with E-state index in [0.29, 0.717) is 29.2 Å². The summed E-state index contributed by atoms with van der Waals surface area (Å²) < 4.78 is 51.1. The molecule has 190 valence electrons. The molecule has 0 unspecified atom stereocenters. The smallest absolute Gasteiger partial charge is 0.162 e. The third kappa shape index (κ3) is 5.03. The minimum Gasteiger partial charge on any atom is -0.359 e. The molecule has 0 aliphatic carbocycles. The van der Waals surface area contributed by atoms with Crippen molar-refractivity contribution in [1.29, 1.82) is 0 Å². The molecule has 1 N–H and O–H groups in total. The number of H-pyrrole nitrogens is 1. The third-order valence-corrected chi connectivity index (χ3v) is 8.12. The van der Waals surface area contributed by atoms with Crippen LogP contribution in [0.1, 0.15) is 18.0 Å². The maximum Gasteiger partial charge on any atom is 0.162 e. The Morgan fingerprint density at radius 3 is 2.75 bits per heavy atom. The molecule has 0 spiro atoms. The first-order valence-electron chi connectivity index (χ1n) is 12.0. The number of ether oxygens (including phenoxy) is 1. The van der Waals surface area contributed by atoms with Crippen LogP contribution in [0, 0.1) is 11.6 Å². The number of hydrogen-bond acceptors (Lipinski definition) is 5. The molecule has 1 aromatic carbocycles. The summed E-state index contributed by atoms with van der Waals surface area (Å²) in [6.45, 7) is 7.63. The van der Waals surface area contributed by atoms with Gasteiger partial charge in [-0.05, 0) is 36.4 Å². The number of pyridine rings is 1. The van der Waals surface area contributed by atoms with E-state index >= 15 is 0 Å². The van der Waals surface area contributed by atoms with Gasteiger partial charge in [-0.15, -0.1) is 0 Å². The molecule has 1 fully saturated rings. The van der Waals surface area contributed by atoms with Gasteiger partial charge in [0.15, 0.2) is 11.5 Å². The number of rotatable bonds is 8. The van der Waals surface area contributed by atoms with Crippen molar-refractivity contribution in [3.63, 3.8) is 0 Å². The van der Waals surface area contributed by atoms with Crippen LogP contribution in [0.3, 0.4) is 0 Å². The van der Waals surface area contributed by atoms with Crippen LogP contribution >= 0.6 is 0 Å². The summed E-state index contributed by atoms with van der Waals surface area (Å²) in [5.41, 5.74) is 2.14. The SMILES string of the molecule is C[Si](C)(C)CCOCn1nc(N2C[C@@H](F)C[C@@H]2c2cc(F)ccc2F)c2cc(-c3cc[nH]n3)cnc21. The molecule has 36 heavy (non-hydrogen) atoms. The Labute approximate surface area is 208 Å². The van der Waals surface area contributed by atoms with E-state index < -0.39 is 31.9 Å². The topological polar surface area (TPSA) is 71.9 Å². The summed E-state index contributed by atoms with van der Waals surface area (Å²) in [5, 5.41) is 12.4. The number of halogens is 3. The predicted molar refractivity (Wildman–Crippen MR) is 135 cm³/mol. The highest BCUT2D eigenvalue weighted by molar-refractivity contribution is 6.76. The van der Waals surface area contributed by atoms with Crippen LogP contribution < -0.4 is 4.90 Å². The van der Waals surface area contributed by atoms with E-state index in [9.17, 15) is 13.2 Å². The lowest BCUT2D eigenvalue weighted by Gasteiger charge is -2.25. The predicted octanol–water partition coefficient (Wildman–Crippen LogP) is 5.70. The molecule has 4 aromatic rings. The van der Waals surface area contributed by atoms with Crippen LogP contribution in [0.25, 0.3) is 22.3 Å². The van der Waals surface area contributed by atoms with E-state index in [1.54, 1.807) is 22.0 Å². The molecule has 0 amide bonds. The second-order valence-corrected chi connectivity index (χ2v) is 16.0. The molecule has 0 bridgehead atoms. The molecule has 1 saturated heterocycles. The van der Waals surface area contributed by atoms with Crippen LogP contribution in [0.4, 0.5) is 19.0 Å². The molecule has 5 rings (SSSR count). The highest BCUT2D eigenvalue weighted by atomic mass is 28.3. The van der Waals surface area contributed by atoms with Gasteiger partial charge < -0.3 is 9.64 Å². The molecule has 11 heteroatoms. The number of aromatic nitrogens is 5. The zero-order valence-electron chi connectivity index (χ0n) is 20.5. The average molecular weight is 515 g/mol. The number of hydrogen-bond donors (Lipinski definition) is 1. The summed E-state index contributed by atoms with van der Waals surface area (Å²) in [7, 11) is -1.26. The van der Waals surface area contributed by atoms with Gasteiger partial charge >= 0.3 is 0 Å². The van der Waals surface area contributed by atoms with Gasteiger partial charge in [0, 0.05) is 44.6 Å². The van der Waals surface area contributed by atoms with Crippen LogP contribution in [-0.4, -0.2) is 52.4 Å². The maximum atomic E-state index is 14.8. The maximum absolute atomic E-state index is 14.8. The number of fused-ring (bicyclic) bond motifs is 1. The Balaban J connectivity index is 1.55. The van der Waals surface area contributed by atoms with E-state index in [2.05, 4.69) is 34.8 Å². The molecule has 7 nitrogen and oxygen atoms in total. The first kappa shape index (κ1) is 24.5. The number of alkyl halides is 1. The Hall–Kier alpha value is -3.18. The van der Waals surface area contributed by atoms with Gasteiger partial charge in [0.25, 0.3) is 0 Å². The number of nitrogens with zero attached hydrogens (tertiary/aromatic N) is 5. The van der Waals surface area contributed by atoms with Crippen LogP contribution in [0.5, 0.6) is 0 Å². The lowest BCUT2D eigenvalue weighted by atomic mass is 10.0. The van der Waals surface area contributed by atoms with Gasteiger partial charge in [-0.2, -0.15) is 10.2 Å². The molecular formula is C25H29F3N6OSi. The fraction of sp³-hybridized carbons (Fsp3) is 0.400. The molecule has 0 saturated carbocycles. The van der Waals surface area contributed by atoms with Gasteiger partial charge in [-0.25, -0.2) is 22.8 Å². The van der Waals surface area contributed by atoms with Crippen molar-refractivity contribution < 1.29 is 17.9 Å². The monoisotopic (exact) mass is 514 g/mol. The zero-order chi connectivity index (χ0) is 25.4. The van der Waals surface area contributed by atoms with Gasteiger partial charge in [0.1, 0.15) is 24.5 Å². The first-order valence-corrected chi connectivity index (χ1v) is 15.7. The Kier molecular flexibility index (Phi) is 6.60. The van der Waals surface area contributed by atoms with Gasteiger partial charge in [-0.3, -0.25) is 5.10 Å². The highest BCUT2D eigenvalue weighted by Crippen LogP contribution is 2.41. The molecule has 3 aromatic heterocycles. The highest BCUT2D eigenvalue weighted by Gasteiger charge is 2.37.